The summed E-state index contributed by atoms with van der Waals surface area (Å²) < 4.78 is 25.4. The molecule has 18 heavy (non-hydrogen) atoms. The molecule has 0 radical (unpaired) electrons. The fourth-order valence-corrected chi connectivity index (χ4v) is 1.96. The van der Waals surface area contributed by atoms with Gasteiger partial charge in [0.05, 0.1) is 13.7 Å². The van der Waals surface area contributed by atoms with E-state index in [4.69, 9.17) is 30.5 Å². The van der Waals surface area contributed by atoms with Crippen molar-refractivity contribution in [2.45, 2.75) is 23.7 Å². The van der Waals surface area contributed by atoms with Crippen LogP contribution in [-0.2, 0) is 28.5 Å². The molecular weight excluding hydrogens is 264 g/mol. The molecule has 0 unspecified atom stereocenters. The van der Waals surface area contributed by atoms with Crippen LogP contribution in [0.5, 0.6) is 0 Å². The number of carbonyl (C=O) groups excluding carboxylic acids is 1. The molecule has 0 saturated heterocycles. The van der Waals surface area contributed by atoms with Crippen LogP contribution in [0.4, 0.5) is 0 Å². The van der Waals surface area contributed by atoms with Crippen LogP contribution >= 0.6 is 11.6 Å². The van der Waals surface area contributed by atoms with E-state index in [2.05, 4.69) is 4.74 Å². The molecule has 0 fully saturated rings. The van der Waals surface area contributed by atoms with Gasteiger partial charge < -0.3 is 23.7 Å². The minimum absolute atomic E-state index is 0.291. The number of hydrogen-bond donors (Lipinski definition) is 0. The molecule has 0 rings (SSSR count). The van der Waals surface area contributed by atoms with Crippen LogP contribution in [0.15, 0.2) is 0 Å². The van der Waals surface area contributed by atoms with Crippen molar-refractivity contribution in [1.82, 2.24) is 0 Å². The third-order valence-electron chi connectivity index (χ3n) is 2.58. The van der Waals surface area contributed by atoms with Gasteiger partial charge >= 0.3 is 5.97 Å². The number of alkyl halides is 1. The van der Waals surface area contributed by atoms with Crippen LogP contribution in [0.2, 0.25) is 0 Å². The molecule has 108 valence electrons. The number of halogens is 1. The van der Waals surface area contributed by atoms with Gasteiger partial charge in [-0.1, -0.05) is 0 Å². The topological polar surface area (TPSA) is 63.2 Å². The van der Waals surface area contributed by atoms with E-state index in [0.29, 0.717) is 6.61 Å². The SMILES string of the molecule is COC[C@@H](OC)[C@@H](OC)[C@H](OC)[C@H](Cl)C(=O)OC. The third kappa shape index (κ3) is 4.70. The van der Waals surface area contributed by atoms with Crippen molar-refractivity contribution >= 4 is 17.6 Å². The standard InChI is InChI=1S/C11H21ClO6/c1-14-6-7(15-2)9(16-3)10(17-4)8(12)11(13)18-5/h7-10H,6H2,1-5H3/t7-,8+,9-,10-/m1/s1. The average Bonchev–Trinajstić information content (AvgIpc) is 2.40. The second-order valence-corrected chi connectivity index (χ2v) is 4.03. The molecule has 0 aromatic carbocycles. The molecule has 0 aromatic rings. The first-order valence-electron chi connectivity index (χ1n) is 5.36. The highest BCUT2D eigenvalue weighted by Crippen LogP contribution is 2.19. The molecule has 0 heterocycles. The lowest BCUT2D eigenvalue weighted by Gasteiger charge is -2.32. The molecule has 0 aliphatic heterocycles. The fraction of sp³-hybridized carbons (Fsp3) is 0.909. The minimum atomic E-state index is -0.987. The maximum absolute atomic E-state index is 11.4. The summed E-state index contributed by atoms with van der Waals surface area (Å²) in [6.45, 7) is 0.291. The van der Waals surface area contributed by atoms with Gasteiger partial charge in [-0.3, -0.25) is 4.79 Å². The third-order valence-corrected chi connectivity index (χ3v) is 3.01. The Morgan fingerprint density at radius 3 is 1.89 bits per heavy atom. The van der Waals surface area contributed by atoms with Crippen LogP contribution in [-0.4, -0.2) is 71.8 Å². The van der Waals surface area contributed by atoms with Crippen LogP contribution in [0.3, 0.4) is 0 Å². The number of ether oxygens (including phenoxy) is 5. The van der Waals surface area contributed by atoms with E-state index in [-0.39, 0.29) is 0 Å². The molecule has 0 aromatic heterocycles. The van der Waals surface area contributed by atoms with Crippen molar-refractivity contribution in [2.24, 2.45) is 0 Å². The maximum atomic E-state index is 11.4. The lowest BCUT2D eigenvalue weighted by Crippen LogP contribution is -2.49. The van der Waals surface area contributed by atoms with Gasteiger partial charge in [0.2, 0.25) is 0 Å². The van der Waals surface area contributed by atoms with Gasteiger partial charge in [-0.05, 0) is 0 Å². The Morgan fingerprint density at radius 2 is 1.56 bits per heavy atom. The summed E-state index contributed by atoms with van der Waals surface area (Å²) >= 11 is 6.00. The lowest BCUT2D eigenvalue weighted by molar-refractivity contribution is -0.152. The van der Waals surface area contributed by atoms with Gasteiger partial charge in [0.25, 0.3) is 0 Å². The van der Waals surface area contributed by atoms with E-state index in [1.807, 2.05) is 0 Å². The number of rotatable bonds is 9. The van der Waals surface area contributed by atoms with Gasteiger partial charge in [0.15, 0.2) is 5.38 Å². The molecule has 0 saturated carbocycles. The van der Waals surface area contributed by atoms with Crippen molar-refractivity contribution in [2.75, 3.05) is 42.2 Å². The molecule has 0 aliphatic carbocycles. The van der Waals surface area contributed by atoms with E-state index >= 15 is 0 Å². The molecule has 0 amide bonds. The molecule has 0 spiro atoms. The highest BCUT2D eigenvalue weighted by Gasteiger charge is 2.38. The van der Waals surface area contributed by atoms with E-state index in [0.717, 1.165) is 0 Å². The Bertz CT molecular complexity index is 238. The van der Waals surface area contributed by atoms with Crippen molar-refractivity contribution in [3.8, 4) is 0 Å². The van der Waals surface area contributed by atoms with Crippen LogP contribution in [0.25, 0.3) is 0 Å². The Morgan fingerprint density at radius 1 is 1.00 bits per heavy atom. The number of esters is 1. The van der Waals surface area contributed by atoms with Gasteiger partial charge in [0.1, 0.15) is 18.3 Å². The first-order valence-corrected chi connectivity index (χ1v) is 5.80. The Hall–Kier alpha value is -0.400. The summed E-state index contributed by atoms with van der Waals surface area (Å²) in [7, 11) is 7.24. The van der Waals surface area contributed by atoms with Crippen LogP contribution in [0, 0.1) is 0 Å². The van der Waals surface area contributed by atoms with E-state index in [1.54, 1.807) is 7.11 Å². The molecular formula is C11H21ClO6. The molecule has 4 atom stereocenters. The molecule has 0 aliphatic rings. The van der Waals surface area contributed by atoms with Gasteiger partial charge in [-0.25, -0.2) is 0 Å². The molecule has 0 bridgehead atoms. The Labute approximate surface area is 112 Å². The van der Waals surface area contributed by atoms with E-state index < -0.39 is 29.7 Å². The maximum Gasteiger partial charge on any atom is 0.326 e. The molecule has 0 N–H and O–H groups in total. The Kier molecular flexibility index (Phi) is 9.31. The zero-order valence-electron chi connectivity index (χ0n) is 11.3. The summed E-state index contributed by atoms with van der Waals surface area (Å²) in [4.78, 5) is 11.4. The predicted molar refractivity (Wildman–Crippen MR) is 65.9 cm³/mol. The monoisotopic (exact) mass is 284 g/mol. The quantitative estimate of drug-likeness (QED) is 0.453. The highest BCUT2D eigenvalue weighted by molar-refractivity contribution is 6.30. The molecule has 6 nitrogen and oxygen atoms in total. The second-order valence-electron chi connectivity index (χ2n) is 3.56. The summed E-state index contributed by atoms with van der Waals surface area (Å²) in [6, 6.07) is 0. The van der Waals surface area contributed by atoms with Crippen molar-refractivity contribution in [1.29, 1.82) is 0 Å². The molecule has 7 heteroatoms. The zero-order chi connectivity index (χ0) is 14.1. The van der Waals surface area contributed by atoms with Gasteiger partial charge in [-0.15, -0.1) is 11.6 Å². The summed E-state index contributed by atoms with van der Waals surface area (Å²) in [5, 5.41) is -0.987. The predicted octanol–water partition coefficient (Wildman–Crippen LogP) is 0.458. The van der Waals surface area contributed by atoms with Gasteiger partial charge in [-0.2, -0.15) is 0 Å². The van der Waals surface area contributed by atoms with E-state index in [9.17, 15) is 4.79 Å². The smallest absolute Gasteiger partial charge is 0.326 e. The fourth-order valence-electron chi connectivity index (χ4n) is 1.63. The number of carbonyl (C=O) groups is 1. The average molecular weight is 285 g/mol. The minimum Gasteiger partial charge on any atom is -0.468 e. The van der Waals surface area contributed by atoms with Crippen molar-refractivity contribution in [3.63, 3.8) is 0 Å². The summed E-state index contributed by atoms with van der Waals surface area (Å²) in [5.41, 5.74) is 0. The van der Waals surface area contributed by atoms with Crippen LogP contribution in [0.1, 0.15) is 0 Å². The first kappa shape index (κ1) is 17.6. The number of methoxy groups -OCH3 is 5. The van der Waals surface area contributed by atoms with E-state index in [1.165, 1.54) is 28.4 Å². The van der Waals surface area contributed by atoms with Crippen molar-refractivity contribution in [3.05, 3.63) is 0 Å². The highest BCUT2D eigenvalue weighted by atomic mass is 35.5. The summed E-state index contributed by atoms with van der Waals surface area (Å²) in [6.07, 6.45) is -1.67. The lowest BCUT2D eigenvalue weighted by atomic mass is 10.0. The first-order chi connectivity index (χ1) is 8.56. The Balaban J connectivity index is 4.89. The zero-order valence-corrected chi connectivity index (χ0v) is 12.1. The normalized spacial score (nSPS) is 17.9. The number of hydrogen-bond acceptors (Lipinski definition) is 6. The second kappa shape index (κ2) is 9.52. The van der Waals surface area contributed by atoms with Crippen molar-refractivity contribution < 1.29 is 28.5 Å². The largest absolute Gasteiger partial charge is 0.468 e. The van der Waals surface area contributed by atoms with Gasteiger partial charge in [0, 0.05) is 28.4 Å². The summed E-state index contributed by atoms with van der Waals surface area (Å²) in [5.74, 6) is -0.585. The van der Waals surface area contributed by atoms with Crippen LogP contribution < -0.4 is 0 Å².